The molecule has 0 aliphatic carbocycles. The van der Waals surface area contributed by atoms with Gasteiger partial charge >= 0.3 is 0 Å². The molecule has 106 valence electrons. The lowest BCUT2D eigenvalue weighted by molar-refractivity contribution is 0.315. The third-order valence-electron chi connectivity index (χ3n) is 3.13. The van der Waals surface area contributed by atoms with Crippen molar-refractivity contribution in [3.8, 4) is 11.5 Å². The van der Waals surface area contributed by atoms with Crippen molar-refractivity contribution in [2.45, 2.75) is 19.9 Å². The molecule has 0 radical (unpaired) electrons. The van der Waals surface area contributed by atoms with Gasteiger partial charge in [-0.2, -0.15) is 0 Å². The summed E-state index contributed by atoms with van der Waals surface area (Å²) in [6.07, 6.45) is 0.958. The topological polar surface area (TPSA) is 32.7 Å². The fourth-order valence-corrected chi connectivity index (χ4v) is 2.02. The molecule has 2 aromatic carbocycles. The lowest BCUT2D eigenvalue weighted by atomic mass is 10.1. The largest absolute Gasteiger partial charge is 0.507 e. The van der Waals surface area contributed by atoms with Gasteiger partial charge in [-0.05, 0) is 30.7 Å². The molecule has 0 amide bonds. The van der Waals surface area contributed by atoms with Gasteiger partial charge in [0, 0.05) is 30.9 Å². The minimum Gasteiger partial charge on any atom is -0.507 e. The first-order chi connectivity index (χ1) is 9.70. The standard InChI is InChI=1S/C17H21NO2/c1-3-11-20-16-10-9-14(17(19)12-16)13-18(2)15-7-5-4-6-8-15/h4-10,12,19H,3,11,13H2,1-2H3. The van der Waals surface area contributed by atoms with Crippen LogP contribution in [0.3, 0.4) is 0 Å². The summed E-state index contributed by atoms with van der Waals surface area (Å²) < 4.78 is 5.51. The Morgan fingerprint density at radius 1 is 1.10 bits per heavy atom. The summed E-state index contributed by atoms with van der Waals surface area (Å²) in [6, 6.07) is 15.6. The highest BCUT2D eigenvalue weighted by Crippen LogP contribution is 2.26. The van der Waals surface area contributed by atoms with Crippen LogP contribution in [0, 0.1) is 0 Å². The molecule has 0 saturated heterocycles. The van der Waals surface area contributed by atoms with E-state index in [4.69, 9.17) is 4.74 Å². The van der Waals surface area contributed by atoms with Crippen molar-refractivity contribution >= 4 is 5.69 Å². The van der Waals surface area contributed by atoms with Crippen LogP contribution in [0.5, 0.6) is 11.5 Å². The maximum Gasteiger partial charge on any atom is 0.124 e. The van der Waals surface area contributed by atoms with E-state index in [1.807, 2.05) is 37.4 Å². The average Bonchev–Trinajstić information content (AvgIpc) is 2.48. The summed E-state index contributed by atoms with van der Waals surface area (Å²) in [7, 11) is 2.01. The highest BCUT2D eigenvalue weighted by Gasteiger charge is 2.07. The van der Waals surface area contributed by atoms with E-state index in [-0.39, 0.29) is 5.75 Å². The number of phenols is 1. The number of para-hydroxylation sites is 1. The van der Waals surface area contributed by atoms with Gasteiger partial charge in [-0.3, -0.25) is 0 Å². The van der Waals surface area contributed by atoms with Crippen molar-refractivity contribution in [1.29, 1.82) is 0 Å². The van der Waals surface area contributed by atoms with E-state index < -0.39 is 0 Å². The number of anilines is 1. The van der Waals surface area contributed by atoms with Gasteiger partial charge in [0.1, 0.15) is 11.5 Å². The van der Waals surface area contributed by atoms with Crippen LogP contribution in [0.2, 0.25) is 0 Å². The molecule has 0 unspecified atom stereocenters. The molecule has 0 aliphatic heterocycles. The van der Waals surface area contributed by atoms with Gasteiger partial charge in [-0.25, -0.2) is 0 Å². The van der Waals surface area contributed by atoms with Crippen molar-refractivity contribution in [2.75, 3.05) is 18.6 Å². The van der Waals surface area contributed by atoms with E-state index in [1.165, 1.54) is 0 Å². The molecular weight excluding hydrogens is 250 g/mol. The molecule has 0 aliphatic rings. The first-order valence-electron chi connectivity index (χ1n) is 6.91. The Kier molecular flexibility index (Phi) is 4.88. The number of rotatable bonds is 6. The molecule has 20 heavy (non-hydrogen) atoms. The molecule has 0 aromatic heterocycles. The Bertz CT molecular complexity index is 540. The highest BCUT2D eigenvalue weighted by atomic mass is 16.5. The molecule has 0 atom stereocenters. The number of phenolic OH excluding ortho intramolecular Hbond substituents is 1. The molecule has 0 bridgehead atoms. The lowest BCUT2D eigenvalue weighted by Crippen LogP contribution is -2.16. The molecule has 3 nitrogen and oxygen atoms in total. The zero-order chi connectivity index (χ0) is 14.4. The average molecular weight is 271 g/mol. The maximum absolute atomic E-state index is 10.1. The number of nitrogens with zero attached hydrogens (tertiary/aromatic N) is 1. The Morgan fingerprint density at radius 3 is 2.50 bits per heavy atom. The van der Waals surface area contributed by atoms with Crippen molar-refractivity contribution in [2.24, 2.45) is 0 Å². The van der Waals surface area contributed by atoms with Crippen molar-refractivity contribution in [3.63, 3.8) is 0 Å². The normalized spacial score (nSPS) is 10.3. The SMILES string of the molecule is CCCOc1ccc(CN(C)c2ccccc2)c(O)c1. The van der Waals surface area contributed by atoms with E-state index in [9.17, 15) is 5.11 Å². The fraction of sp³-hybridized carbons (Fsp3) is 0.294. The molecule has 1 N–H and O–H groups in total. The summed E-state index contributed by atoms with van der Waals surface area (Å²) >= 11 is 0. The smallest absolute Gasteiger partial charge is 0.124 e. The number of ether oxygens (including phenoxy) is 1. The summed E-state index contributed by atoms with van der Waals surface area (Å²) in [5.41, 5.74) is 2.01. The van der Waals surface area contributed by atoms with E-state index >= 15 is 0 Å². The first kappa shape index (κ1) is 14.3. The van der Waals surface area contributed by atoms with Crippen LogP contribution in [0.15, 0.2) is 48.5 Å². The highest BCUT2D eigenvalue weighted by molar-refractivity contribution is 5.48. The van der Waals surface area contributed by atoms with Crippen LogP contribution in [0.25, 0.3) is 0 Å². The second-order valence-corrected chi connectivity index (χ2v) is 4.83. The van der Waals surface area contributed by atoms with Gasteiger partial charge in [0.15, 0.2) is 0 Å². The quantitative estimate of drug-likeness (QED) is 0.867. The van der Waals surface area contributed by atoms with E-state index in [1.54, 1.807) is 6.07 Å². The van der Waals surface area contributed by atoms with E-state index in [0.717, 1.165) is 23.4 Å². The predicted molar refractivity (Wildman–Crippen MR) is 82.4 cm³/mol. The van der Waals surface area contributed by atoms with Gasteiger partial charge < -0.3 is 14.7 Å². The number of hydrogen-bond donors (Lipinski definition) is 1. The molecule has 0 spiro atoms. The first-order valence-corrected chi connectivity index (χ1v) is 6.91. The summed E-state index contributed by atoms with van der Waals surface area (Å²) in [4.78, 5) is 2.10. The zero-order valence-electron chi connectivity index (χ0n) is 12.0. The summed E-state index contributed by atoms with van der Waals surface area (Å²) in [5.74, 6) is 0.997. The van der Waals surface area contributed by atoms with Gasteiger partial charge in [-0.1, -0.05) is 25.1 Å². The minimum absolute atomic E-state index is 0.279. The van der Waals surface area contributed by atoms with Crippen LogP contribution in [-0.2, 0) is 6.54 Å². The monoisotopic (exact) mass is 271 g/mol. The third kappa shape index (κ3) is 3.67. The molecule has 2 rings (SSSR count). The van der Waals surface area contributed by atoms with E-state index in [0.29, 0.717) is 13.2 Å². The van der Waals surface area contributed by atoms with Gasteiger partial charge in [0.25, 0.3) is 0 Å². The molecule has 0 heterocycles. The molecule has 0 saturated carbocycles. The van der Waals surface area contributed by atoms with Gasteiger partial charge in [0.05, 0.1) is 6.61 Å². The Balaban J connectivity index is 2.06. The van der Waals surface area contributed by atoms with Gasteiger partial charge in [0.2, 0.25) is 0 Å². The molecule has 0 fully saturated rings. The molecule has 3 heteroatoms. The Labute approximate surface area is 120 Å². The second kappa shape index (κ2) is 6.85. The Morgan fingerprint density at radius 2 is 1.85 bits per heavy atom. The molecular formula is C17H21NO2. The zero-order valence-corrected chi connectivity index (χ0v) is 12.0. The maximum atomic E-state index is 10.1. The summed E-state index contributed by atoms with van der Waals surface area (Å²) in [5, 5.41) is 10.1. The number of benzene rings is 2. The van der Waals surface area contributed by atoms with Crippen LogP contribution in [0.4, 0.5) is 5.69 Å². The predicted octanol–water partition coefficient (Wildman–Crippen LogP) is 3.82. The van der Waals surface area contributed by atoms with Crippen LogP contribution >= 0.6 is 0 Å². The lowest BCUT2D eigenvalue weighted by Gasteiger charge is -2.20. The van der Waals surface area contributed by atoms with Crippen molar-refractivity contribution in [3.05, 3.63) is 54.1 Å². The van der Waals surface area contributed by atoms with E-state index in [2.05, 4.69) is 24.0 Å². The van der Waals surface area contributed by atoms with Crippen molar-refractivity contribution in [1.82, 2.24) is 0 Å². The summed E-state index contributed by atoms with van der Waals surface area (Å²) in [6.45, 7) is 3.38. The van der Waals surface area contributed by atoms with Gasteiger partial charge in [-0.15, -0.1) is 0 Å². The fourth-order valence-electron chi connectivity index (χ4n) is 2.02. The minimum atomic E-state index is 0.279. The third-order valence-corrected chi connectivity index (χ3v) is 3.13. The van der Waals surface area contributed by atoms with Crippen molar-refractivity contribution < 1.29 is 9.84 Å². The number of hydrogen-bond acceptors (Lipinski definition) is 3. The molecule has 2 aromatic rings. The van der Waals surface area contributed by atoms with Crippen LogP contribution in [-0.4, -0.2) is 18.8 Å². The van der Waals surface area contributed by atoms with Crippen LogP contribution in [0.1, 0.15) is 18.9 Å². The Hall–Kier alpha value is -2.16. The van der Waals surface area contributed by atoms with Crippen LogP contribution < -0.4 is 9.64 Å². The number of aromatic hydroxyl groups is 1. The second-order valence-electron chi connectivity index (χ2n) is 4.83.